The van der Waals surface area contributed by atoms with Crippen LogP contribution in [0.4, 0.5) is 5.82 Å². The first-order valence-corrected chi connectivity index (χ1v) is 13.0. The minimum Gasteiger partial charge on any atom is -0.497 e. The van der Waals surface area contributed by atoms with Crippen LogP contribution in [-0.2, 0) is 30.5 Å². The van der Waals surface area contributed by atoms with Gasteiger partial charge in [-0.25, -0.2) is 9.97 Å². The first kappa shape index (κ1) is 23.5. The van der Waals surface area contributed by atoms with Gasteiger partial charge in [0.2, 0.25) is 5.91 Å². The maximum Gasteiger partial charge on any atom is 0.225 e. The molecule has 0 radical (unpaired) electrons. The van der Waals surface area contributed by atoms with Crippen LogP contribution in [0.5, 0.6) is 5.75 Å². The van der Waals surface area contributed by atoms with Gasteiger partial charge >= 0.3 is 0 Å². The summed E-state index contributed by atoms with van der Waals surface area (Å²) in [4.78, 5) is 23.1. The van der Waals surface area contributed by atoms with Gasteiger partial charge in [0.25, 0.3) is 0 Å². The average molecular weight is 470 g/mol. The topological polar surface area (TPSA) is 64.1 Å². The first-order valence-electron chi connectivity index (χ1n) is 13.0. The number of aryl methyl sites for hydroxylation is 4. The molecule has 5 heteroatoms. The maximum atomic E-state index is 12.9. The van der Waals surface area contributed by atoms with Crippen molar-refractivity contribution in [3.63, 3.8) is 0 Å². The minimum absolute atomic E-state index is 0.00525. The van der Waals surface area contributed by atoms with Crippen LogP contribution in [-0.4, -0.2) is 23.0 Å². The van der Waals surface area contributed by atoms with Crippen LogP contribution in [0, 0.1) is 12.8 Å². The summed E-state index contributed by atoms with van der Waals surface area (Å²) < 4.78 is 5.43. The van der Waals surface area contributed by atoms with Crippen molar-refractivity contribution in [1.82, 2.24) is 9.97 Å². The number of nitrogens with zero attached hydrogens (tertiary/aromatic N) is 2. The molecule has 2 aromatic carbocycles. The molecule has 2 aliphatic rings. The molecule has 0 aliphatic heterocycles. The lowest BCUT2D eigenvalue weighted by Gasteiger charge is -2.25. The molecule has 3 aromatic rings. The molecule has 1 amide bonds. The van der Waals surface area contributed by atoms with Crippen LogP contribution in [0.1, 0.15) is 66.6 Å². The van der Waals surface area contributed by atoms with Crippen molar-refractivity contribution in [2.24, 2.45) is 5.92 Å². The number of amides is 1. The quantitative estimate of drug-likeness (QED) is 0.444. The fourth-order valence-corrected chi connectivity index (χ4v) is 5.40. The van der Waals surface area contributed by atoms with Crippen molar-refractivity contribution in [3.8, 4) is 17.0 Å². The molecule has 0 bridgehead atoms. The number of carbonyl (C=O) groups excluding carboxylic acids is 1. The Morgan fingerprint density at radius 2 is 1.83 bits per heavy atom. The number of hydrogen-bond donors (Lipinski definition) is 1. The zero-order valence-corrected chi connectivity index (χ0v) is 20.9. The third kappa shape index (κ3) is 5.55. The van der Waals surface area contributed by atoms with Gasteiger partial charge in [-0.2, -0.15) is 0 Å². The molecule has 2 aliphatic carbocycles. The highest BCUT2D eigenvalue weighted by atomic mass is 16.5. The van der Waals surface area contributed by atoms with Crippen molar-refractivity contribution < 1.29 is 9.53 Å². The van der Waals surface area contributed by atoms with Crippen LogP contribution in [0.2, 0.25) is 0 Å². The number of ether oxygens (including phenoxy) is 1. The van der Waals surface area contributed by atoms with Gasteiger partial charge in [-0.3, -0.25) is 4.79 Å². The lowest BCUT2D eigenvalue weighted by atomic mass is 9.85. The first-order chi connectivity index (χ1) is 17.1. The van der Waals surface area contributed by atoms with E-state index in [4.69, 9.17) is 14.7 Å². The lowest BCUT2D eigenvalue weighted by molar-refractivity contribution is -0.116. The van der Waals surface area contributed by atoms with E-state index < -0.39 is 0 Å². The smallest absolute Gasteiger partial charge is 0.225 e. The van der Waals surface area contributed by atoms with Gasteiger partial charge in [0.05, 0.1) is 24.2 Å². The van der Waals surface area contributed by atoms with Crippen molar-refractivity contribution in [2.75, 3.05) is 12.4 Å². The zero-order chi connectivity index (χ0) is 24.2. The summed E-state index contributed by atoms with van der Waals surface area (Å²) in [6.45, 7) is 2.08. The number of methoxy groups -OCH3 is 1. The molecule has 5 rings (SSSR count). The lowest BCUT2D eigenvalue weighted by Crippen LogP contribution is -2.20. The molecule has 1 fully saturated rings. The fourth-order valence-electron chi connectivity index (χ4n) is 5.40. The SMILES string of the molecule is COc1ccc2c(c1)CCc1nc(NC(=O)CCc3ccc(C)cc3)c(CC3CCCCC3)nc1-2. The van der Waals surface area contributed by atoms with Crippen molar-refractivity contribution in [3.05, 3.63) is 70.5 Å². The monoisotopic (exact) mass is 469 g/mol. The largest absolute Gasteiger partial charge is 0.497 e. The van der Waals surface area contributed by atoms with Crippen molar-refractivity contribution in [2.45, 2.75) is 71.1 Å². The van der Waals surface area contributed by atoms with Gasteiger partial charge in [-0.05, 0) is 67.9 Å². The molecular formula is C30H35N3O2. The number of carbonyl (C=O) groups is 1. The van der Waals surface area contributed by atoms with E-state index in [9.17, 15) is 4.79 Å². The number of nitrogens with one attached hydrogen (secondary N) is 1. The summed E-state index contributed by atoms with van der Waals surface area (Å²) in [5.41, 5.74) is 7.68. The van der Waals surface area contributed by atoms with Gasteiger partial charge in [-0.1, -0.05) is 61.9 Å². The summed E-state index contributed by atoms with van der Waals surface area (Å²) >= 11 is 0. The Kier molecular flexibility index (Phi) is 7.12. The molecule has 182 valence electrons. The van der Waals surface area contributed by atoms with E-state index in [0.717, 1.165) is 54.1 Å². The molecule has 1 heterocycles. The summed E-state index contributed by atoms with van der Waals surface area (Å²) in [6, 6.07) is 14.6. The minimum atomic E-state index is 0.00525. The molecule has 0 saturated heterocycles. The van der Waals surface area contributed by atoms with Gasteiger partial charge in [-0.15, -0.1) is 0 Å². The Bertz CT molecular complexity index is 1200. The van der Waals surface area contributed by atoms with Crippen LogP contribution in [0.25, 0.3) is 11.3 Å². The van der Waals surface area contributed by atoms with E-state index in [-0.39, 0.29) is 5.91 Å². The predicted molar refractivity (Wildman–Crippen MR) is 140 cm³/mol. The maximum absolute atomic E-state index is 12.9. The van der Waals surface area contributed by atoms with E-state index in [2.05, 4.69) is 48.6 Å². The second kappa shape index (κ2) is 10.6. The Hall–Kier alpha value is -3.21. The number of rotatable bonds is 7. The summed E-state index contributed by atoms with van der Waals surface area (Å²) in [6.07, 6.45) is 10.1. The van der Waals surface area contributed by atoms with Gasteiger partial charge in [0, 0.05) is 12.0 Å². The second-order valence-corrected chi connectivity index (χ2v) is 10.1. The molecule has 0 unspecified atom stereocenters. The van der Waals surface area contributed by atoms with Gasteiger partial charge in [0.15, 0.2) is 5.82 Å². The number of hydrogen-bond acceptors (Lipinski definition) is 4. The number of fused-ring (bicyclic) bond motifs is 3. The highest BCUT2D eigenvalue weighted by Crippen LogP contribution is 2.36. The third-order valence-corrected chi connectivity index (χ3v) is 7.46. The van der Waals surface area contributed by atoms with Crippen molar-refractivity contribution in [1.29, 1.82) is 0 Å². The fraction of sp³-hybridized carbons (Fsp3) is 0.433. The van der Waals surface area contributed by atoms with E-state index in [1.807, 2.05) is 6.07 Å². The molecule has 35 heavy (non-hydrogen) atoms. The van der Waals surface area contributed by atoms with E-state index in [1.165, 1.54) is 48.8 Å². The Labute approximate surface area is 208 Å². The highest BCUT2D eigenvalue weighted by Gasteiger charge is 2.25. The summed E-state index contributed by atoms with van der Waals surface area (Å²) in [7, 11) is 1.70. The van der Waals surface area contributed by atoms with Crippen LogP contribution in [0.15, 0.2) is 42.5 Å². The molecule has 0 spiro atoms. The third-order valence-electron chi connectivity index (χ3n) is 7.46. The number of benzene rings is 2. The normalized spacial score (nSPS) is 15.3. The molecule has 1 saturated carbocycles. The van der Waals surface area contributed by atoms with E-state index in [1.54, 1.807) is 7.11 Å². The van der Waals surface area contributed by atoms with Gasteiger partial charge in [0.1, 0.15) is 5.75 Å². The molecular weight excluding hydrogens is 434 g/mol. The highest BCUT2D eigenvalue weighted by molar-refractivity contribution is 5.90. The summed E-state index contributed by atoms with van der Waals surface area (Å²) in [5, 5.41) is 3.14. The number of aromatic nitrogens is 2. The van der Waals surface area contributed by atoms with Crippen LogP contribution < -0.4 is 10.1 Å². The Morgan fingerprint density at radius 1 is 1.03 bits per heavy atom. The molecule has 5 nitrogen and oxygen atoms in total. The Morgan fingerprint density at radius 3 is 2.60 bits per heavy atom. The van der Waals surface area contributed by atoms with Gasteiger partial charge < -0.3 is 10.1 Å². The van der Waals surface area contributed by atoms with E-state index >= 15 is 0 Å². The molecule has 1 N–H and O–H groups in total. The standard InChI is InChI=1S/C30H35N3O2/c1-20-8-10-21(11-9-20)12-17-28(34)33-30-27(18-22-6-4-3-5-7-22)31-29-25-15-14-24(35-2)19-23(25)13-16-26(29)32-30/h8-11,14-15,19,22H,3-7,12-13,16-18H2,1-2H3,(H,32,33,34). The summed E-state index contributed by atoms with van der Waals surface area (Å²) in [5.74, 6) is 2.16. The predicted octanol–water partition coefficient (Wildman–Crippen LogP) is 6.25. The zero-order valence-electron chi connectivity index (χ0n) is 20.9. The van der Waals surface area contributed by atoms with Crippen LogP contribution in [0.3, 0.4) is 0 Å². The van der Waals surface area contributed by atoms with E-state index in [0.29, 0.717) is 18.2 Å². The average Bonchev–Trinajstić information content (AvgIpc) is 2.89. The van der Waals surface area contributed by atoms with Crippen molar-refractivity contribution >= 4 is 11.7 Å². The molecule has 1 aromatic heterocycles. The second-order valence-electron chi connectivity index (χ2n) is 10.1. The molecule has 0 atom stereocenters. The Balaban J connectivity index is 1.40. The van der Waals surface area contributed by atoms with Crippen LogP contribution >= 0.6 is 0 Å². The number of anilines is 1.